The van der Waals surface area contributed by atoms with Crippen LogP contribution in [0.4, 0.5) is 0 Å². The molecule has 0 aliphatic carbocycles. The largest absolute Gasteiger partial charge is 0.361 e. The summed E-state index contributed by atoms with van der Waals surface area (Å²) >= 11 is 2.09. The van der Waals surface area contributed by atoms with Crippen LogP contribution in [0.1, 0.15) is 25.2 Å². The molecule has 0 radical (unpaired) electrons. The molecule has 0 bridgehead atoms. The number of hydrogen-bond donors (Lipinski definition) is 1. The van der Waals surface area contributed by atoms with Crippen LogP contribution < -0.4 is 5.43 Å². The summed E-state index contributed by atoms with van der Waals surface area (Å²) in [7, 11) is 0. The fourth-order valence-electron chi connectivity index (χ4n) is 1.09. The van der Waals surface area contributed by atoms with Gasteiger partial charge in [0.1, 0.15) is 0 Å². The average molecular weight is 277 g/mol. The second-order valence-corrected chi connectivity index (χ2v) is 3.74. The van der Waals surface area contributed by atoms with E-state index >= 15 is 0 Å². The number of aromatic amines is 1. The molecule has 0 amide bonds. The van der Waals surface area contributed by atoms with Gasteiger partial charge in [-0.05, 0) is 35.4 Å². The highest BCUT2D eigenvalue weighted by molar-refractivity contribution is 14.1. The molecule has 2 nitrogen and oxygen atoms in total. The van der Waals surface area contributed by atoms with Crippen molar-refractivity contribution in [1.29, 1.82) is 0 Å². The third-order valence-electron chi connectivity index (χ3n) is 1.83. The number of rotatable bonds is 2. The lowest BCUT2D eigenvalue weighted by atomic mass is 10.2. The van der Waals surface area contributed by atoms with Gasteiger partial charge in [0.2, 0.25) is 0 Å². The Labute approximate surface area is 85.5 Å². The molecule has 1 N–H and O–H groups in total. The smallest absolute Gasteiger partial charge is 0.195 e. The van der Waals surface area contributed by atoms with Gasteiger partial charge < -0.3 is 4.98 Å². The molecule has 1 heterocycles. The van der Waals surface area contributed by atoms with Crippen LogP contribution in [0.2, 0.25) is 0 Å². The van der Waals surface area contributed by atoms with E-state index in [9.17, 15) is 4.79 Å². The third kappa shape index (κ3) is 1.88. The molecule has 0 spiro atoms. The van der Waals surface area contributed by atoms with Gasteiger partial charge in [0.15, 0.2) is 5.43 Å². The molecule has 0 fully saturated rings. The topological polar surface area (TPSA) is 32.9 Å². The molecule has 0 aliphatic rings. The van der Waals surface area contributed by atoms with Crippen molar-refractivity contribution in [2.24, 2.45) is 0 Å². The van der Waals surface area contributed by atoms with E-state index in [-0.39, 0.29) is 5.43 Å². The summed E-state index contributed by atoms with van der Waals surface area (Å²) in [5.41, 5.74) is 2.22. The predicted octanol–water partition coefficient (Wildman–Crippen LogP) is 2.10. The summed E-state index contributed by atoms with van der Waals surface area (Å²) in [5, 5.41) is 0. The van der Waals surface area contributed by atoms with Crippen LogP contribution in [0, 0.1) is 3.57 Å². The Morgan fingerprint density at radius 3 is 2.58 bits per heavy atom. The Hall–Kier alpha value is -0.320. The van der Waals surface area contributed by atoms with Crippen LogP contribution in [-0.4, -0.2) is 4.98 Å². The monoisotopic (exact) mass is 277 g/mol. The van der Waals surface area contributed by atoms with Gasteiger partial charge in [0.05, 0.1) is 3.57 Å². The normalized spacial score (nSPS) is 10.2. The summed E-state index contributed by atoms with van der Waals surface area (Å²) in [6, 6.07) is 1.68. The first kappa shape index (κ1) is 9.77. The minimum absolute atomic E-state index is 0.142. The molecule has 0 saturated heterocycles. The first-order valence-corrected chi connectivity index (χ1v) is 5.17. The summed E-state index contributed by atoms with van der Waals surface area (Å²) in [6.45, 7) is 4.09. The molecule has 1 rings (SSSR count). The van der Waals surface area contributed by atoms with Crippen molar-refractivity contribution in [3.8, 4) is 0 Å². The number of aromatic nitrogens is 1. The molecule has 1 aromatic heterocycles. The van der Waals surface area contributed by atoms with Crippen molar-refractivity contribution < 1.29 is 0 Å². The Balaban J connectivity index is 3.29. The summed E-state index contributed by atoms with van der Waals surface area (Å²) < 4.78 is 0.826. The Kier molecular flexibility index (Phi) is 3.31. The van der Waals surface area contributed by atoms with Crippen molar-refractivity contribution in [1.82, 2.24) is 4.98 Å². The van der Waals surface area contributed by atoms with E-state index in [1.54, 1.807) is 6.07 Å². The van der Waals surface area contributed by atoms with E-state index in [1.807, 2.05) is 13.8 Å². The van der Waals surface area contributed by atoms with E-state index in [4.69, 9.17) is 0 Å². The number of aryl methyl sites for hydroxylation is 2. The Morgan fingerprint density at radius 1 is 1.42 bits per heavy atom. The summed E-state index contributed by atoms with van der Waals surface area (Å²) in [6.07, 6.45) is 1.78. The zero-order valence-electron chi connectivity index (χ0n) is 7.28. The maximum atomic E-state index is 11.4. The molecule has 0 atom stereocenters. The predicted molar refractivity (Wildman–Crippen MR) is 58.5 cm³/mol. The van der Waals surface area contributed by atoms with Crippen molar-refractivity contribution in [2.45, 2.75) is 26.7 Å². The zero-order valence-corrected chi connectivity index (χ0v) is 9.44. The number of H-pyrrole nitrogens is 1. The van der Waals surface area contributed by atoms with Gasteiger partial charge in [-0.1, -0.05) is 13.8 Å². The van der Waals surface area contributed by atoms with Crippen LogP contribution in [0.25, 0.3) is 0 Å². The number of halogens is 1. The molecular formula is C9H12INO. The highest BCUT2D eigenvalue weighted by atomic mass is 127. The van der Waals surface area contributed by atoms with E-state index in [1.165, 1.54) is 0 Å². The van der Waals surface area contributed by atoms with Gasteiger partial charge in [-0.2, -0.15) is 0 Å². The number of pyridine rings is 1. The quantitative estimate of drug-likeness (QED) is 0.825. The second-order valence-electron chi connectivity index (χ2n) is 2.66. The van der Waals surface area contributed by atoms with E-state index < -0.39 is 0 Å². The van der Waals surface area contributed by atoms with Crippen molar-refractivity contribution in [3.05, 3.63) is 31.2 Å². The van der Waals surface area contributed by atoms with Gasteiger partial charge in [-0.15, -0.1) is 0 Å². The van der Waals surface area contributed by atoms with E-state index in [0.717, 1.165) is 27.8 Å². The van der Waals surface area contributed by atoms with Gasteiger partial charge in [0, 0.05) is 17.5 Å². The first-order valence-electron chi connectivity index (χ1n) is 4.09. The zero-order chi connectivity index (χ0) is 9.14. The van der Waals surface area contributed by atoms with E-state index in [0.29, 0.717) is 0 Å². The lowest BCUT2D eigenvalue weighted by Gasteiger charge is -2.03. The average Bonchev–Trinajstić information content (AvgIpc) is 2.09. The first-order chi connectivity index (χ1) is 5.69. The molecular weight excluding hydrogens is 265 g/mol. The van der Waals surface area contributed by atoms with Gasteiger partial charge in [-0.25, -0.2) is 0 Å². The number of hydrogen-bond acceptors (Lipinski definition) is 1. The number of nitrogens with one attached hydrogen (secondary N) is 1. The molecule has 0 unspecified atom stereocenters. The van der Waals surface area contributed by atoms with E-state index in [2.05, 4.69) is 27.6 Å². The standard InChI is InChI=1S/C9H12INO/c1-3-6-5-8(12)9(10)7(4-2)11-6/h5H,3-4H2,1-2H3,(H,11,12). The van der Waals surface area contributed by atoms with Gasteiger partial charge in [0.25, 0.3) is 0 Å². The third-order valence-corrected chi connectivity index (χ3v) is 3.02. The molecule has 3 heteroatoms. The maximum Gasteiger partial charge on any atom is 0.195 e. The lowest BCUT2D eigenvalue weighted by Crippen LogP contribution is -2.11. The van der Waals surface area contributed by atoms with Crippen LogP contribution in [0.3, 0.4) is 0 Å². The minimum Gasteiger partial charge on any atom is -0.361 e. The molecule has 66 valence electrons. The molecule has 0 aliphatic heterocycles. The Morgan fingerprint density at radius 2 is 2.08 bits per heavy atom. The molecule has 0 aromatic carbocycles. The van der Waals surface area contributed by atoms with Crippen LogP contribution in [-0.2, 0) is 12.8 Å². The fraction of sp³-hybridized carbons (Fsp3) is 0.444. The minimum atomic E-state index is 0.142. The van der Waals surface area contributed by atoms with Crippen molar-refractivity contribution >= 4 is 22.6 Å². The molecule has 0 saturated carbocycles. The van der Waals surface area contributed by atoms with Crippen LogP contribution in [0.15, 0.2) is 10.9 Å². The summed E-state index contributed by atoms with van der Waals surface area (Å²) in [4.78, 5) is 14.6. The summed E-state index contributed by atoms with van der Waals surface area (Å²) in [5.74, 6) is 0. The molecule has 12 heavy (non-hydrogen) atoms. The highest BCUT2D eigenvalue weighted by Crippen LogP contribution is 2.06. The second kappa shape index (κ2) is 4.07. The van der Waals surface area contributed by atoms with Crippen molar-refractivity contribution in [3.63, 3.8) is 0 Å². The van der Waals surface area contributed by atoms with Crippen LogP contribution in [0.5, 0.6) is 0 Å². The highest BCUT2D eigenvalue weighted by Gasteiger charge is 2.03. The van der Waals surface area contributed by atoms with Crippen molar-refractivity contribution in [2.75, 3.05) is 0 Å². The Bertz CT molecular complexity index is 330. The maximum absolute atomic E-state index is 11.4. The van der Waals surface area contributed by atoms with Gasteiger partial charge in [-0.3, -0.25) is 4.79 Å². The van der Waals surface area contributed by atoms with Crippen LogP contribution >= 0.6 is 22.6 Å². The lowest BCUT2D eigenvalue weighted by molar-refractivity contribution is 0.937. The SMILES string of the molecule is CCc1cc(=O)c(I)c(CC)[nH]1. The van der Waals surface area contributed by atoms with Gasteiger partial charge >= 0.3 is 0 Å². The fourth-order valence-corrected chi connectivity index (χ4v) is 1.76. The molecule has 1 aromatic rings.